The summed E-state index contributed by atoms with van der Waals surface area (Å²) in [7, 11) is 0. The molecule has 0 amide bonds. The zero-order valence-corrected chi connectivity index (χ0v) is 11.8. The number of nitro benzene ring substituents is 1. The number of unbranched alkanes of at least 4 members (excludes halogenated alkanes) is 1. The van der Waals surface area contributed by atoms with Crippen molar-refractivity contribution in [3.63, 3.8) is 0 Å². The SMILES string of the molecule is CCCCC(C)Nc1cc(Cl)c([N+](=O)[O-])cc1C. The van der Waals surface area contributed by atoms with Crippen LogP contribution in [0.3, 0.4) is 0 Å². The Kier molecular flexibility index (Phi) is 5.41. The topological polar surface area (TPSA) is 55.2 Å². The minimum absolute atomic E-state index is 0.0408. The lowest BCUT2D eigenvalue weighted by Gasteiger charge is -2.17. The van der Waals surface area contributed by atoms with Crippen LogP contribution in [0.25, 0.3) is 0 Å². The van der Waals surface area contributed by atoms with Crippen LogP contribution in [0.5, 0.6) is 0 Å². The van der Waals surface area contributed by atoms with Crippen LogP contribution in [0.4, 0.5) is 11.4 Å². The first-order chi connectivity index (χ1) is 8.45. The first-order valence-corrected chi connectivity index (χ1v) is 6.54. The lowest BCUT2D eigenvalue weighted by atomic mass is 10.1. The van der Waals surface area contributed by atoms with Gasteiger partial charge in [-0.2, -0.15) is 0 Å². The third-order valence-electron chi connectivity index (χ3n) is 2.88. The van der Waals surface area contributed by atoms with Crippen LogP contribution in [0.1, 0.15) is 38.7 Å². The van der Waals surface area contributed by atoms with Gasteiger partial charge in [-0.15, -0.1) is 0 Å². The van der Waals surface area contributed by atoms with Gasteiger partial charge in [0.2, 0.25) is 0 Å². The Morgan fingerprint density at radius 2 is 2.17 bits per heavy atom. The second kappa shape index (κ2) is 6.59. The summed E-state index contributed by atoms with van der Waals surface area (Å²) in [6.07, 6.45) is 3.39. The summed E-state index contributed by atoms with van der Waals surface area (Å²) in [6, 6.07) is 3.48. The number of nitro groups is 1. The number of nitrogens with zero attached hydrogens (tertiary/aromatic N) is 1. The lowest BCUT2D eigenvalue weighted by Crippen LogP contribution is -2.15. The molecule has 0 radical (unpaired) electrons. The molecular weight excluding hydrogens is 252 g/mol. The molecule has 0 aliphatic heterocycles. The van der Waals surface area contributed by atoms with Crippen LogP contribution in [-0.4, -0.2) is 11.0 Å². The number of halogens is 1. The van der Waals surface area contributed by atoms with Crippen molar-refractivity contribution < 1.29 is 4.92 Å². The van der Waals surface area contributed by atoms with Crippen LogP contribution < -0.4 is 5.32 Å². The monoisotopic (exact) mass is 270 g/mol. The number of nitrogens with one attached hydrogen (secondary N) is 1. The number of anilines is 1. The zero-order chi connectivity index (χ0) is 13.7. The van der Waals surface area contributed by atoms with E-state index in [2.05, 4.69) is 19.2 Å². The van der Waals surface area contributed by atoms with E-state index in [1.807, 2.05) is 6.92 Å². The van der Waals surface area contributed by atoms with E-state index >= 15 is 0 Å². The second-order valence-electron chi connectivity index (χ2n) is 4.56. The lowest BCUT2D eigenvalue weighted by molar-refractivity contribution is -0.384. The van der Waals surface area contributed by atoms with Gasteiger partial charge in [0.15, 0.2) is 0 Å². The van der Waals surface area contributed by atoms with Gasteiger partial charge in [-0.05, 0) is 31.9 Å². The van der Waals surface area contributed by atoms with Gasteiger partial charge in [0.25, 0.3) is 5.69 Å². The van der Waals surface area contributed by atoms with Gasteiger partial charge in [0.1, 0.15) is 5.02 Å². The molecule has 0 saturated heterocycles. The molecule has 0 heterocycles. The molecule has 18 heavy (non-hydrogen) atoms. The number of rotatable bonds is 6. The number of hydrogen-bond donors (Lipinski definition) is 1. The number of aryl methyl sites for hydroxylation is 1. The maximum Gasteiger partial charge on any atom is 0.288 e. The van der Waals surface area contributed by atoms with Gasteiger partial charge >= 0.3 is 0 Å². The standard InChI is InChI=1S/C13H19ClN2O2/c1-4-5-6-10(3)15-12-8-11(14)13(16(17)18)7-9(12)2/h7-8,10,15H,4-6H2,1-3H3. The molecule has 0 aliphatic rings. The quantitative estimate of drug-likeness (QED) is 0.609. The number of benzene rings is 1. The van der Waals surface area contributed by atoms with E-state index < -0.39 is 4.92 Å². The van der Waals surface area contributed by atoms with E-state index in [0.717, 1.165) is 30.5 Å². The van der Waals surface area contributed by atoms with Crippen LogP contribution in [0.2, 0.25) is 5.02 Å². The van der Waals surface area contributed by atoms with E-state index in [4.69, 9.17) is 11.6 Å². The van der Waals surface area contributed by atoms with Crippen LogP contribution in [0.15, 0.2) is 12.1 Å². The van der Waals surface area contributed by atoms with Crippen molar-refractivity contribution in [1.29, 1.82) is 0 Å². The Labute approximate surface area is 112 Å². The van der Waals surface area contributed by atoms with Crippen molar-refractivity contribution in [3.05, 3.63) is 32.8 Å². The highest BCUT2D eigenvalue weighted by atomic mass is 35.5. The fourth-order valence-electron chi connectivity index (χ4n) is 1.81. The molecule has 1 rings (SSSR count). The molecule has 1 unspecified atom stereocenters. The van der Waals surface area contributed by atoms with Gasteiger partial charge in [-0.1, -0.05) is 31.4 Å². The van der Waals surface area contributed by atoms with Crippen LogP contribution in [0, 0.1) is 17.0 Å². The molecule has 0 saturated carbocycles. The third-order valence-corrected chi connectivity index (χ3v) is 3.19. The van der Waals surface area contributed by atoms with E-state index in [1.54, 1.807) is 6.07 Å². The summed E-state index contributed by atoms with van der Waals surface area (Å²) >= 11 is 5.90. The largest absolute Gasteiger partial charge is 0.382 e. The van der Waals surface area contributed by atoms with Gasteiger partial charge in [0.05, 0.1) is 4.92 Å². The predicted molar refractivity (Wildman–Crippen MR) is 75.5 cm³/mol. The Balaban J connectivity index is 2.84. The van der Waals surface area contributed by atoms with Crippen molar-refractivity contribution >= 4 is 23.0 Å². The predicted octanol–water partition coefficient (Wildman–Crippen LogP) is 4.55. The molecule has 100 valence electrons. The zero-order valence-electron chi connectivity index (χ0n) is 11.0. The average Bonchev–Trinajstić information content (AvgIpc) is 2.30. The van der Waals surface area contributed by atoms with Crippen molar-refractivity contribution in [3.8, 4) is 0 Å². The molecule has 1 N–H and O–H groups in total. The summed E-state index contributed by atoms with van der Waals surface area (Å²) in [4.78, 5) is 10.3. The van der Waals surface area contributed by atoms with Crippen molar-refractivity contribution in [2.75, 3.05) is 5.32 Å². The fraction of sp³-hybridized carbons (Fsp3) is 0.538. The summed E-state index contributed by atoms with van der Waals surface area (Å²) in [5.74, 6) is 0. The fourth-order valence-corrected chi connectivity index (χ4v) is 2.04. The van der Waals surface area contributed by atoms with E-state index in [0.29, 0.717) is 6.04 Å². The first-order valence-electron chi connectivity index (χ1n) is 6.16. The number of hydrogen-bond acceptors (Lipinski definition) is 3. The summed E-state index contributed by atoms with van der Waals surface area (Å²) in [6.45, 7) is 6.10. The minimum atomic E-state index is -0.459. The minimum Gasteiger partial charge on any atom is -0.382 e. The third kappa shape index (κ3) is 3.88. The van der Waals surface area contributed by atoms with Crippen LogP contribution >= 0.6 is 11.6 Å². The molecule has 5 heteroatoms. The Bertz CT molecular complexity index is 435. The summed E-state index contributed by atoms with van der Waals surface area (Å²) in [5.41, 5.74) is 1.67. The van der Waals surface area contributed by atoms with Gasteiger partial charge in [-0.3, -0.25) is 10.1 Å². The highest BCUT2D eigenvalue weighted by molar-refractivity contribution is 6.33. The molecule has 0 spiro atoms. The van der Waals surface area contributed by atoms with Gasteiger partial charge in [0, 0.05) is 17.8 Å². The van der Waals surface area contributed by atoms with Gasteiger partial charge in [-0.25, -0.2) is 0 Å². The molecule has 0 bridgehead atoms. The summed E-state index contributed by atoms with van der Waals surface area (Å²) < 4.78 is 0. The van der Waals surface area contributed by atoms with Gasteiger partial charge < -0.3 is 5.32 Å². The highest BCUT2D eigenvalue weighted by Crippen LogP contribution is 2.31. The summed E-state index contributed by atoms with van der Waals surface area (Å²) in [5, 5.41) is 14.3. The van der Waals surface area contributed by atoms with Crippen molar-refractivity contribution in [2.45, 2.75) is 46.1 Å². The highest BCUT2D eigenvalue weighted by Gasteiger charge is 2.15. The Morgan fingerprint density at radius 1 is 1.50 bits per heavy atom. The molecule has 4 nitrogen and oxygen atoms in total. The van der Waals surface area contributed by atoms with E-state index in [-0.39, 0.29) is 10.7 Å². The van der Waals surface area contributed by atoms with Crippen molar-refractivity contribution in [2.24, 2.45) is 0 Å². The van der Waals surface area contributed by atoms with Crippen molar-refractivity contribution in [1.82, 2.24) is 0 Å². The smallest absolute Gasteiger partial charge is 0.288 e. The van der Waals surface area contributed by atoms with E-state index in [9.17, 15) is 10.1 Å². The Morgan fingerprint density at radius 3 is 2.72 bits per heavy atom. The Hall–Kier alpha value is -1.29. The second-order valence-corrected chi connectivity index (χ2v) is 4.97. The molecule has 1 aromatic rings. The average molecular weight is 271 g/mol. The van der Waals surface area contributed by atoms with E-state index in [1.165, 1.54) is 6.07 Å². The molecule has 0 aliphatic carbocycles. The molecular formula is C13H19ClN2O2. The maximum atomic E-state index is 10.7. The first kappa shape index (κ1) is 14.8. The molecule has 1 aromatic carbocycles. The molecule has 1 atom stereocenters. The normalized spacial score (nSPS) is 12.2. The molecule has 0 aromatic heterocycles. The van der Waals surface area contributed by atoms with Crippen LogP contribution in [-0.2, 0) is 0 Å². The maximum absolute atomic E-state index is 10.7. The molecule has 0 fully saturated rings.